The van der Waals surface area contributed by atoms with Crippen molar-refractivity contribution in [2.24, 2.45) is 5.73 Å². The minimum Gasteiger partial charge on any atom is -0.638 e. The van der Waals surface area contributed by atoms with Gasteiger partial charge >= 0.3 is 0 Å². The predicted octanol–water partition coefficient (Wildman–Crippen LogP) is 2.92. The van der Waals surface area contributed by atoms with Gasteiger partial charge in [0.15, 0.2) is 0 Å². The van der Waals surface area contributed by atoms with E-state index >= 15 is 0 Å². The fourth-order valence-electron chi connectivity index (χ4n) is 0.811. The first-order valence-corrected chi connectivity index (χ1v) is 5.23. The maximum Gasteiger partial charge on any atom is 0.0977 e. The molecule has 0 aliphatic carbocycles. The van der Waals surface area contributed by atoms with E-state index in [1.807, 2.05) is 13.8 Å². The Kier molecular flexibility index (Phi) is 20.1. The maximum absolute atomic E-state index is 5.24. The molecular formula is C13H22NO2Y-. The summed E-state index contributed by atoms with van der Waals surface area (Å²) in [7, 11) is 1.50. The van der Waals surface area contributed by atoms with Crippen LogP contribution in [0.4, 0.5) is 0 Å². The second-order valence-corrected chi connectivity index (χ2v) is 2.35. The van der Waals surface area contributed by atoms with Crippen LogP contribution in [-0.2, 0) is 42.2 Å². The number of allylic oxidation sites excluding steroid dienone is 2. The molecule has 2 N–H and O–H groups in total. The summed E-state index contributed by atoms with van der Waals surface area (Å²) in [5.74, 6) is 1.29. The van der Waals surface area contributed by atoms with Gasteiger partial charge in [-0.05, 0) is 26.0 Å². The second-order valence-electron chi connectivity index (χ2n) is 2.35. The van der Waals surface area contributed by atoms with E-state index in [2.05, 4.69) is 25.2 Å². The molecule has 1 radical (unpaired) electrons. The number of nitrogens with two attached hydrogens (primary N) is 1. The molecule has 0 atom stereocenters. The molecule has 0 aromatic rings. The molecule has 1 aliphatic heterocycles. The third-order valence-corrected chi connectivity index (χ3v) is 1.50. The number of hydrogen-bond donors (Lipinski definition) is 1. The van der Waals surface area contributed by atoms with Crippen LogP contribution in [0, 0.1) is 6.26 Å². The molecule has 0 saturated heterocycles. The zero-order valence-electron chi connectivity index (χ0n) is 11.2. The number of rotatable bonds is 2. The SMILES string of the molecule is C=CC1=C(C=C)O[C-]=C(C)OC1.CC.CN.[Y]. The molecule has 0 unspecified atom stereocenters. The fourth-order valence-corrected chi connectivity index (χ4v) is 0.811. The van der Waals surface area contributed by atoms with E-state index in [0.717, 1.165) is 5.57 Å². The van der Waals surface area contributed by atoms with Crippen LogP contribution in [0.3, 0.4) is 0 Å². The first kappa shape index (κ1) is 21.9. The maximum atomic E-state index is 5.24. The van der Waals surface area contributed by atoms with Crippen LogP contribution in [0.1, 0.15) is 20.8 Å². The zero-order valence-corrected chi connectivity index (χ0v) is 14.1. The molecule has 0 fully saturated rings. The number of hydrogen-bond acceptors (Lipinski definition) is 3. The van der Waals surface area contributed by atoms with Gasteiger partial charge in [-0.2, -0.15) is 0 Å². The standard InChI is InChI=1S/C10H11O2.C2H6.CH5N.Y/c1-4-9-7-11-8(3)6-12-10(9)5-2;2*1-2;/h4-5H,1-2,7H2,3H3;1-2H3;2H2,1H3;/q-1;;;. The average molecular weight is 313 g/mol. The van der Waals surface area contributed by atoms with Crippen LogP contribution < -0.4 is 5.73 Å². The molecule has 0 aromatic carbocycles. The molecule has 0 saturated carbocycles. The monoisotopic (exact) mass is 313 g/mol. The largest absolute Gasteiger partial charge is 0.638 e. The third kappa shape index (κ3) is 9.34. The molecule has 0 spiro atoms. The molecule has 1 aliphatic rings. The van der Waals surface area contributed by atoms with Crippen LogP contribution in [-0.4, -0.2) is 13.7 Å². The van der Waals surface area contributed by atoms with Gasteiger partial charge in [-0.3, -0.25) is 0 Å². The first-order chi connectivity index (χ1) is 7.77. The van der Waals surface area contributed by atoms with Gasteiger partial charge in [-0.1, -0.05) is 25.5 Å². The van der Waals surface area contributed by atoms with Crippen molar-refractivity contribution in [2.75, 3.05) is 13.7 Å². The Balaban J connectivity index is -0.000000355. The van der Waals surface area contributed by atoms with Crippen molar-refractivity contribution in [3.8, 4) is 0 Å². The van der Waals surface area contributed by atoms with Crippen molar-refractivity contribution in [1.29, 1.82) is 0 Å². The fraction of sp³-hybridized carbons (Fsp3) is 0.385. The summed E-state index contributed by atoms with van der Waals surface area (Å²) in [5.41, 5.74) is 5.38. The first-order valence-electron chi connectivity index (χ1n) is 5.23. The van der Waals surface area contributed by atoms with Gasteiger partial charge in [-0.25, -0.2) is 0 Å². The van der Waals surface area contributed by atoms with E-state index in [9.17, 15) is 0 Å². The van der Waals surface area contributed by atoms with Gasteiger partial charge in [0.1, 0.15) is 0 Å². The van der Waals surface area contributed by atoms with E-state index in [-0.39, 0.29) is 32.7 Å². The Bertz CT molecular complexity index is 271. The Morgan fingerprint density at radius 1 is 1.24 bits per heavy atom. The second kappa shape index (κ2) is 15.6. The molecule has 4 heteroatoms. The molecule has 95 valence electrons. The molecule has 3 nitrogen and oxygen atoms in total. The summed E-state index contributed by atoms with van der Waals surface area (Å²) in [6, 6.07) is 0. The molecule has 0 amide bonds. The zero-order chi connectivity index (χ0) is 13.0. The summed E-state index contributed by atoms with van der Waals surface area (Å²) in [6.45, 7) is 13.5. The van der Waals surface area contributed by atoms with Gasteiger partial charge in [-0.15, -0.1) is 19.2 Å². The van der Waals surface area contributed by atoms with E-state index in [1.165, 1.54) is 7.05 Å². The molecular weight excluding hydrogens is 291 g/mol. The van der Waals surface area contributed by atoms with Crippen LogP contribution in [0.25, 0.3) is 0 Å². The topological polar surface area (TPSA) is 44.5 Å². The minimum atomic E-state index is 0. The van der Waals surface area contributed by atoms with Crippen LogP contribution in [0.15, 0.2) is 42.4 Å². The Morgan fingerprint density at radius 3 is 2.18 bits per heavy atom. The third-order valence-electron chi connectivity index (χ3n) is 1.50. The van der Waals surface area contributed by atoms with Crippen LogP contribution >= 0.6 is 0 Å². The van der Waals surface area contributed by atoms with Crippen molar-refractivity contribution in [1.82, 2.24) is 0 Å². The average Bonchev–Trinajstić information content (AvgIpc) is 2.55. The quantitative estimate of drug-likeness (QED) is 0.797. The van der Waals surface area contributed by atoms with Crippen molar-refractivity contribution in [2.45, 2.75) is 20.8 Å². The number of ether oxygens (including phenoxy) is 2. The Morgan fingerprint density at radius 2 is 1.76 bits per heavy atom. The molecule has 0 bridgehead atoms. The van der Waals surface area contributed by atoms with Crippen molar-refractivity contribution >= 4 is 0 Å². The van der Waals surface area contributed by atoms with Crippen molar-refractivity contribution in [3.05, 3.63) is 48.7 Å². The van der Waals surface area contributed by atoms with Crippen molar-refractivity contribution in [3.63, 3.8) is 0 Å². The van der Waals surface area contributed by atoms with Crippen molar-refractivity contribution < 1.29 is 42.2 Å². The minimum absolute atomic E-state index is 0. The van der Waals surface area contributed by atoms with Gasteiger partial charge in [0.05, 0.1) is 6.61 Å². The van der Waals surface area contributed by atoms with Gasteiger partial charge in [0.25, 0.3) is 0 Å². The van der Waals surface area contributed by atoms with E-state index in [0.29, 0.717) is 18.1 Å². The van der Waals surface area contributed by atoms with E-state index in [1.54, 1.807) is 19.1 Å². The molecule has 17 heavy (non-hydrogen) atoms. The van der Waals surface area contributed by atoms with E-state index in [4.69, 9.17) is 9.47 Å². The summed E-state index contributed by atoms with van der Waals surface area (Å²) in [6.07, 6.45) is 5.94. The normalized spacial score (nSPS) is 12.6. The molecule has 0 aromatic heterocycles. The molecule has 1 heterocycles. The molecule has 1 rings (SSSR count). The van der Waals surface area contributed by atoms with Gasteiger partial charge in [0, 0.05) is 38.5 Å². The van der Waals surface area contributed by atoms with Gasteiger partial charge in [0.2, 0.25) is 0 Å². The Hall–Kier alpha value is -0.376. The summed E-state index contributed by atoms with van der Waals surface area (Å²) < 4.78 is 10.4. The summed E-state index contributed by atoms with van der Waals surface area (Å²) in [4.78, 5) is 0. The van der Waals surface area contributed by atoms with Crippen LogP contribution in [0.2, 0.25) is 0 Å². The summed E-state index contributed by atoms with van der Waals surface area (Å²) in [5, 5.41) is 0. The van der Waals surface area contributed by atoms with E-state index < -0.39 is 0 Å². The Labute approximate surface area is 130 Å². The smallest absolute Gasteiger partial charge is 0.0977 e. The van der Waals surface area contributed by atoms with Crippen LogP contribution in [0.5, 0.6) is 0 Å². The summed E-state index contributed by atoms with van der Waals surface area (Å²) >= 11 is 0. The van der Waals surface area contributed by atoms with Gasteiger partial charge < -0.3 is 15.2 Å². The predicted molar refractivity (Wildman–Crippen MR) is 68.3 cm³/mol.